The highest BCUT2D eigenvalue weighted by atomic mass is 16.4. The third-order valence-electron chi connectivity index (χ3n) is 13.1. The van der Waals surface area contributed by atoms with Gasteiger partial charge >= 0.3 is 0 Å². The second-order valence-electron chi connectivity index (χ2n) is 17.4. The number of amides is 1. The SMILES string of the molecule is C=C(c1cnc(N2CCN(c3ncc4c(n3)CCNC4)CC2)nc1)N1CCN(c2ncc(CCc3cc(Cn4nc(-c5ccc6oc(N)nc6c5)c5c(N)ncnc54)ccc3CNC=O)cn2)CC1. The first-order valence-corrected chi connectivity index (χ1v) is 23.1. The van der Waals surface area contributed by atoms with Crippen LogP contribution in [-0.4, -0.2) is 125 Å². The molecule has 0 saturated carbocycles. The van der Waals surface area contributed by atoms with E-state index in [2.05, 4.69) is 62.8 Å². The molecule has 8 aromatic rings. The summed E-state index contributed by atoms with van der Waals surface area (Å²) in [4.78, 5) is 62.0. The van der Waals surface area contributed by atoms with Crippen LogP contribution in [-0.2, 0) is 43.7 Å². The van der Waals surface area contributed by atoms with Crippen molar-refractivity contribution in [3.8, 4) is 11.3 Å². The lowest BCUT2D eigenvalue weighted by Gasteiger charge is -2.37. The highest BCUT2D eigenvalue weighted by molar-refractivity contribution is 5.99. The van der Waals surface area contributed by atoms with Gasteiger partial charge in [-0.1, -0.05) is 24.8 Å². The maximum atomic E-state index is 11.3. The summed E-state index contributed by atoms with van der Waals surface area (Å²) in [6.07, 6.45) is 14.1. The van der Waals surface area contributed by atoms with E-state index in [0.29, 0.717) is 71.9 Å². The summed E-state index contributed by atoms with van der Waals surface area (Å²) in [5.74, 6) is 2.55. The van der Waals surface area contributed by atoms with Crippen LogP contribution in [0.1, 0.15) is 39.1 Å². The molecule has 9 heterocycles. The fraction of sp³-hybridized carbons (Fsp3) is 0.312. The molecule has 0 spiro atoms. The van der Waals surface area contributed by atoms with E-state index in [1.807, 2.05) is 59.9 Å². The molecule has 0 atom stereocenters. The van der Waals surface area contributed by atoms with E-state index in [0.717, 1.165) is 129 Å². The van der Waals surface area contributed by atoms with Crippen molar-refractivity contribution in [1.82, 2.24) is 70.2 Å². The molecule has 1 amide bonds. The number of nitrogens with two attached hydrogens (primary N) is 2. The van der Waals surface area contributed by atoms with Gasteiger partial charge in [-0.3, -0.25) is 4.79 Å². The molecule has 0 radical (unpaired) electrons. The zero-order valence-electron chi connectivity index (χ0n) is 38.0. The number of nitrogens with one attached hydrogen (secondary N) is 2. The highest BCUT2D eigenvalue weighted by Crippen LogP contribution is 2.33. The maximum Gasteiger partial charge on any atom is 0.292 e. The number of anilines is 5. The Labute approximate surface area is 396 Å². The number of hydrogen-bond acceptors (Lipinski definition) is 19. The smallest absolute Gasteiger partial charge is 0.292 e. The quantitative estimate of drug-likeness (QED) is 0.114. The monoisotopic (exact) mass is 925 g/mol. The largest absolute Gasteiger partial charge is 0.424 e. The fourth-order valence-electron chi connectivity index (χ4n) is 9.34. The van der Waals surface area contributed by atoms with Gasteiger partial charge in [-0.25, -0.2) is 44.6 Å². The van der Waals surface area contributed by atoms with Crippen molar-refractivity contribution in [1.29, 1.82) is 0 Å². The van der Waals surface area contributed by atoms with Gasteiger partial charge in [0.05, 0.1) is 17.6 Å². The molecule has 2 saturated heterocycles. The van der Waals surface area contributed by atoms with Gasteiger partial charge in [0.2, 0.25) is 24.3 Å². The molecule has 2 fully saturated rings. The highest BCUT2D eigenvalue weighted by Gasteiger charge is 2.25. The minimum atomic E-state index is 0.0905. The fourth-order valence-corrected chi connectivity index (χ4v) is 9.34. The Hall–Kier alpha value is -8.33. The van der Waals surface area contributed by atoms with Crippen molar-refractivity contribution < 1.29 is 9.21 Å². The maximum absolute atomic E-state index is 11.3. The lowest BCUT2D eigenvalue weighted by atomic mass is 9.98. The topological polar surface area (TPSA) is 253 Å². The minimum absolute atomic E-state index is 0.0905. The first-order chi connectivity index (χ1) is 33.8. The van der Waals surface area contributed by atoms with Gasteiger partial charge in [0.1, 0.15) is 23.4 Å². The van der Waals surface area contributed by atoms with Gasteiger partial charge in [-0.2, -0.15) is 10.1 Å². The second kappa shape index (κ2) is 18.7. The van der Waals surface area contributed by atoms with E-state index < -0.39 is 0 Å². The zero-order chi connectivity index (χ0) is 46.8. The Morgan fingerprint density at radius 3 is 2.26 bits per heavy atom. The molecule has 3 aliphatic rings. The Morgan fingerprint density at radius 2 is 1.49 bits per heavy atom. The van der Waals surface area contributed by atoms with Gasteiger partial charge in [0.25, 0.3) is 6.01 Å². The first-order valence-electron chi connectivity index (χ1n) is 23.1. The number of piperazine rings is 2. The predicted molar refractivity (Wildman–Crippen MR) is 262 cm³/mol. The summed E-state index contributed by atoms with van der Waals surface area (Å²) in [5.41, 5.74) is 23.7. The number of rotatable bonds is 14. The van der Waals surface area contributed by atoms with Crippen molar-refractivity contribution >= 4 is 63.9 Å². The third-order valence-corrected chi connectivity index (χ3v) is 13.1. The molecule has 6 N–H and O–H groups in total. The summed E-state index contributed by atoms with van der Waals surface area (Å²) in [6.45, 7) is 13.3. The van der Waals surface area contributed by atoms with Crippen LogP contribution in [0.15, 0.2) is 84.7 Å². The average molecular weight is 926 g/mol. The van der Waals surface area contributed by atoms with Gasteiger partial charge in [-0.15, -0.1) is 0 Å². The van der Waals surface area contributed by atoms with Gasteiger partial charge in [0.15, 0.2) is 11.2 Å². The number of nitrogens with zero attached hydrogens (tertiary/aromatic N) is 15. The van der Waals surface area contributed by atoms with Crippen molar-refractivity contribution in [3.63, 3.8) is 0 Å². The molecule has 0 unspecified atom stereocenters. The van der Waals surface area contributed by atoms with E-state index in [-0.39, 0.29) is 6.01 Å². The van der Waals surface area contributed by atoms with Gasteiger partial charge in [-0.05, 0) is 53.3 Å². The number of fused-ring (bicyclic) bond motifs is 3. The number of carbonyl (C=O) groups excluding carboxylic acids is 1. The Morgan fingerprint density at radius 1 is 0.768 bits per heavy atom. The van der Waals surface area contributed by atoms with E-state index in [1.54, 1.807) is 6.07 Å². The number of carbonyl (C=O) groups is 1. The Kier molecular flexibility index (Phi) is 11.8. The van der Waals surface area contributed by atoms with Crippen LogP contribution >= 0.6 is 0 Å². The van der Waals surface area contributed by atoms with Crippen molar-refractivity contribution in [2.45, 2.75) is 38.9 Å². The summed E-state index contributed by atoms with van der Waals surface area (Å²) >= 11 is 0. The van der Waals surface area contributed by atoms with Crippen LogP contribution < -0.4 is 36.8 Å². The predicted octanol–water partition coefficient (Wildman–Crippen LogP) is 3.01. The molecule has 21 heteroatoms. The minimum Gasteiger partial charge on any atom is -0.424 e. The lowest BCUT2D eigenvalue weighted by Crippen LogP contribution is -2.48. The van der Waals surface area contributed by atoms with Crippen LogP contribution in [0.5, 0.6) is 0 Å². The normalized spacial score (nSPS) is 15.2. The number of nitrogen functional groups attached to an aromatic ring is 2. The number of aromatic nitrogens is 11. The number of oxazole rings is 1. The molecule has 2 aromatic carbocycles. The number of aryl methyl sites for hydroxylation is 2. The van der Waals surface area contributed by atoms with Crippen molar-refractivity contribution in [3.05, 3.63) is 119 Å². The van der Waals surface area contributed by atoms with Crippen molar-refractivity contribution in [2.75, 3.05) is 85.1 Å². The summed E-state index contributed by atoms with van der Waals surface area (Å²) in [5, 5.41) is 11.8. The van der Waals surface area contributed by atoms with E-state index in [1.165, 1.54) is 11.9 Å². The van der Waals surface area contributed by atoms with Crippen molar-refractivity contribution in [2.24, 2.45) is 0 Å². The third kappa shape index (κ3) is 8.98. The molecule has 0 aliphatic carbocycles. The standard InChI is InChI=1S/C48H51N19O2/c1-30(36-24-55-47(56-25-36)65-14-16-66(17-15-65)48-57-26-37-23-51-9-8-38(37)61-48)63-10-12-64(13-11-63)46-53-20-32(21-54-46)3-4-33-18-31(2-5-35(33)22-52-29-68)27-67-44-41(43(49)58-28-59-44)42(62-67)34-6-7-40-39(19-34)60-45(50)69-40/h2,5-7,18-21,24-26,28-29,51H,1,3-4,8-17,22-23,27H2,(H2,50,60)(H,52,68)(H2,49,58,59). The molecule has 11 rings (SSSR count). The Balaban J connectivity index is 0.696. The van der Waals surface area contributed by atoms with E-state index in [9.17, 15) is 4.79 Å². The van der Waals surface area contributed by atoms with Crippen LogP contribution in [0.25, 0.3) is 39.1 Å². The molecule has 350 valence electrons. The molecular weight excluding hydrogens is 875 g/mol. The summed E-state index contributed by atoms with van der Waals surface area (Å²) < 4.78 is 7.31. The molecule has 21 nitrogen and oxygen atoms in total. The van der Waals surface area contributed by atoms with E-state index in [4.69, 9.17) is 45.9 Å². The second-order valence-corrected chi connectivity index (χ2v) is 17.4. The van der Waals surface area contributed by atoms with Gasteiger partial charge in [0, 0.05) is 132 Å². The van der Waals surface area contributed by atoms with Crippen LogP contribution in [0.4, 0.5) is 29.7 Å². The zero-order valence-corrected chi connectivity index (χ0v) is 38.0. The van der Waals surface area contributed by atoms with Gasteiger partial charge < -0.3 is 46.1 Å². The first kappa shape index (κ1) is 43.3. The Bertz CT molecular complexity index is 3160. The van der Waals surface area contributed by atoms with Crippen LogP contribution in [0, 0.1) is 0 Å². The molecular formula is C48H51N19O2. The van der Waals surface area contributed by atoms with E-state index >= 15 is 0 Å². The molecule has 6 aromatic heterocycles. The molecule has 69 heavy (non-hydrogen) atoms. The number of hydrogen-bond donors (Lipinski definition) is 4. The summed E-state index contributed by atoms with van der Waals surface area (Å²) in [6, 6.07) is 11.9. The molecule has 0 bridgehead atoms. The summed E-state index contributed by atoms with van der Waals surface area (Å²) in [7, 11) is 0. The van der Waals surface area contributed by atoms with Crippen LogP contribution in [0.2, 0.25) is 0 Å². The average Bonchev–Trinajstić information content (AvgIpc) is 3.97. The van der Waals surface area contributed by atoms with Crippen LogP contribution in [0.3, 0.4) is 0 Å². The number of benzene rings is 2. The molecule has 3 aliphatic heterocycles. The lowest BCUT2D eigenvalue weighted by molar-refractivity contribution is -0.109.